The molecule has 0 fully saturated rings. The molecule has 5 rings (SSSR count). The zero-order chi connectivity index (χ0) is 21.9. The SMILES string of the molecule is Cn1nc(-c2c3c(nn2C)CN(C(=O)c2ccnc4ncsc24)CC3)cc1C(F)(F)F. The number of pyridine rings is 1. The molecule has 0 N–H and O–H groups in total. The van der Waals surface area contributed by atoms with Crippen LogP contribution in [-0.2, 0) is 33.2 Å². The fraction of sp³-hybridized carbons (Fsp3) is 0.316. The van der Waals surface area contributed by atoms with Crippen LogP contribution in [0.15, 0.2) is 23.8 Å². The molecular formula is C19H16F3N7OS. The van der Waals surface area contributed by atoms with Gasteiger partial charge in [-0.3, -0.25) is 14.2 Å². The molecule has 4 aromatic rings. The third-order valence-electron chi connectivity index (χ3n) is 5.36. The topological polar surface area (TPSA) is 81.7 Å². The van der Waals surface area contributed by atoms with Crippen molar-refractivity contribution in [1.82, 2.24) is 34.4 Å². The number of carbonyl (C=O) groups is 1. The van der Waals surface area contributed by atoms with E-state index in [-0.39, 0.29) is 18.1 Å². The van der Waals surface area contributed by atoms with Crippen LogP contribution in [0.3, 0.4) is 0 Å². The summed E-state index contributed by atoms with van der Waals surface area (Å²) >= 11 is 1.36. The Morgan fingerprint density at radius 2 is 1.97 bits per heavy atom. The van der Waals surface area contributed by atoms with Gasteiger partial charge in [-0.25, -0.2) is 9.97 Å². The number of hydrogen-bond donors (Lipinski definition) is 0. The molecule has 12 heteroatoms. The lowest BCUT2D eigenvalue weighted by atomic mass is 10.0. The molecule has 1 aliphatic heterocycles. The van der Waals surface area contributed by atoms with Crippen molar-refractivity contribution in [1.29, 1.82) is 0 Å². The molecule has 0 bridgehead atoms. The van der Waals surface area contributed by atoms with E-state index in [1.54, 1.807) is 29.7 Å². The molecule has 8 nitrogen and oxygen atoms in total. The summed E-state index contributed by atoms with van der Waals surface area (Å²) in [4.78, 5) is 23.1. The average molecular weight is 447 g/mol. The molecule has 0 saturated heterocycles. The number of nitrogens with zero attached hydrogens (tertiary/aromatic N) is 7. The van der Waals surface area contributed by atoms with Crippen molar-refractivity contribution in [2.24, 2.45) is 14.1 Å². The van der Waals surface area contributed by atoms with Gasteiger partial charge in [-0.1, -0.05) is 0 Å². The first kappa shape index (κ1) is 19.7. The summed E-state index contributed by atoms with van der Waals surface area (Å²) in [5.74, 6) is -0.147. The molecule has 0 atom stereocenters. The van der Waals surface area contributed by atoms with Crippen LogP contribution in [0.5, 0.6) is 0 Å². The first-order valence-corrected chi connectivity index (χ1v) is 10.3. The molecule has 0 spiro atoms. The zero-order valence-electron chi connectivity index (χ0n) is 16.5. The van der Waals surface area contributed by atoms with Crippen LogP contribution >= 0.6 is 11.3 Å². The smallest absolute Gasteiger partial charge is 0.332 e. The number of rotatable bonds is 2. The van der Waals surface area contributed by atoms with E-state index in [0.717, 1.165) is 21.0 Å². The zero-order valence-corrected chi connectivity index (χ0v) is 17.3. The Bertz CT molecular complexity index is 1320. The normalized spacial score (nSPS) is 14.3. The third kappa shape index (κ3) is 3.17. The number of thiazole rings is 1. The van der Waals surface area contributed by atoms with Crippen LogP contribution < -0.4 is 0 Å². The quantitative estimate of drug-likeness (QED) is 0.472. The fourth-order valence-electron chi connectivity index (χ4n) is 3.97. The van der Waals surface area contributed by atoms with Gasteiger partial charge in [0.05, 0.1) is 33.7 Å². The van der Waals surface area contributed by atoms with Crippen molar-refractivity contribution in [3.05, 3.63) is 46.4 Å². The number of hydrogen-bond acceptors (Lipinski definition) is 6. The van der Waals surface area contributed by atoms with E-state index in [0.29, 0.717) is 35.6 Å². The van der Waals surface area contributed by atoms with Crippen molar-refractivity contribution in [3.63, 3.8) is 0 Å². The summed E-state index contributed by atoms with van der Waals surface area (Å²) in [5, 5.41) is 8.54. The first-order valence-electron chi connectivity index (χ1n) is 9.38. The van der Waals surface area contributed by atoms with Crippen LogP contribution in [0.2, 0.25) is 0 Å². The summed E-state index contributed by atoms with van der Waals surface area (Å²) in [7, 11) is 2.94. The number of halogens is 3. The van der Waals surface area contributed by atoms with Gasteiger partial charge < -0.3 is 4.90 Å². The molecule has 160 valence electrons. The highest BCUT2D eigenvalue weighted by Gasteiger charge is 2.36. The maximum absolute atomic E-state index is 13.2. The lowest BCUT2D eigenvalue weighted by molar-refractivity contribution is -0.143. The second-order valence-corrected chi connectivity index (χ2v) is 8.13. The van der Waals surface area contributed by atoms with Crippen LogP contribution in [0.1, 0.15) is 27.3 Å². The lowest BCUT2D eigenvalue weighted by Crippen LogP contribution is -2.36. The molecular weight excluding hydrogens is 431 g/mol. The van der Waals surface area contributed by atoms with Crippen molar-refractivity contribution >= 4 is 27.6 Å². The van der Waals surface area contributed by atoms with Crippen molar-refractivity contribution in [2.75, 3.05) is 6.54 Å². The average Bonchev–Trinajstić information content (AvgIpc) is 3.41. The molecule has 0 aliphatic carbocycles. The Kier molecular flexibility index (Phi) is 4.36. The highest BCUT2D eigenvalue weighted by molar-refractivity contribution is 7.17. The minimum absolute atomic E-state index is 0.147. The Balaban J connectivity index is 1.47. The number of aromatic nitrogens is 6. The molecule has 0 saturated carbocycles. The van der Waals surface area contributed by atoms with Gasteiger partial charge in [0.2, 0.25) is 0 Å². The molecule has 0 unspecified atom stereocenters. The highest BCUT2D eigenvalue weighted by atomic mass is 32.1. The van der Waals surface area contributed by atoms with Gasteiger partial charge in [-0.2, -0.15) is 23.4 Å². The van der Waals surface area contributed by atoms with E-state index in [4.69, 9.17) is 0 Å². The molecule has 0 radical (unpaired) electrons. The molecule has 0 aromatic carbocycles. The minimum atomic E-state index is -4.49. The Hall–Kier alpha value is -3.28. The number of aryl methyl sites for hydroxylation is 2. The second kappa shape index (κ2) is 6.87. The van der Waals surface area contributed by atoms with E-state index in [1.165, 1.54) is 23.1 Å². The minimum Gasteiger partial charge on any atom is -0.332 e. The van der Waals surface area contributed by atoms with Crippen molar-refractivity contribution < 1.29 is 18.0 Å². The van der Waals surface area contributed by atoms with Gasteiger partial charge in [0.25, 0.3) is 5.91 Å². The highest BCUT2D eigenvalue weighted by Crippen LogP contribution is 2.35. The first-order chi connectivity index (χ1) is 14.7. The second-order valence-electron chi connectivity index (χ2n) is 7.27. The summed E-state index contributed by atoms with van der Waals surface area (Å²) in [6.07, 6.45) is -2.46. The lowest BCUT2D eigenvalue weighted by Gasteiger charge is -2.26. The Morgan fingerprint density at radius 3 is 2.71 bits per heavy atom. The van der Waals surface area contributed by atoms with Crippen LogP contribution in [0.25, 0.3) is 21.7 Å². The standard InChI is InChI=1S/C19H16F3N7OS/c1-27-14(19(20,21)22)7-12(25-27)15-10-4-6-29(8-13(10)26-28(15)2)18(30)11-3-5-23-17-16(11)31-9-24-17/h3,5,7,9H,4,6,8H2,1-2H3. The van der Waals surface area contributed by atoms with E-state index in [9.17, 15) is 18.0 Å². The molecule has 31 heavy (non-hydrogen) atoms. The molecule has 1 amide bonds. The monoisotopic (exact) mass is 447 g/mol. The summed E-state index contributed by atoms with van der Waals surface area (Å²) in [5.41, 5.74) is 4.12. The van der Waals surface area contributed by atoms with Crippen molar-refractivity contribution in [3.8, 4) is 11.4 Å². The number of amides is 1. The maximum Gasteiger partial charge on any atom is 0.433 e. The Labute approximate surface area is 177 Å². The predicted molar refractivity (Wildman–Crippen MR) is 106 cm³/mol. The third-order valence-corrected chi connectivity index (χ3v) is 6.21. The molecule has 5 heterocycles. The number of fused-ring (bicyclic) bond motifs is 2. The van der Waals surface area contributed by atoms with Gasteiger partial charge in [-0.15, -0.1) is 11.3 Å². The van der Waals surface area contributed by atoms with Crippen LogP contribution in [0, 0.1) is 0 Å². The Morgan fingerprint density at radius 1 is 1.16 bits per heavy atom. The largest absolute Gasteiger partial charge is 0.433 e. The van der Waals surface area contributed by atoms with E-state index in [1.807, 2.05) is 0 Å². The van der Waals surface area contributed by atoms with Gasteiger partial charge >= 0.3 is 6.18 Å². The molecule has 1 aliphatic rings. The fourth-order valence-corrected chi connectivity index (χ4v) is 4.73. The summed E-state index contributed by atoms with van der Waals surface area (Å²) in [6, 6.07) is 2.71. The van der Waals surface area contributed by atoms with E-state index < -0.39 is 11.9 Å². The summed E-state index contributed by atoms with van der Waals surface area (Å²) < 4.78 is 42.7. The van der Waals surface area contributed by atoms with Gasteiger partial charge in [0.15, 0.2) is 5.65 Å². The number of carbonyl (C=O) groups excluding carboxylic acids is 1. The van der Waals surface area contributed by atoms with Gasteiger partial charge in [0.1, 0.15) is 11.4 Å². The predicted octanol–water partition coefficient (Wildman–Crippen LogP) is 3.04. The van der Waals surface area contributed by atoms with E-state index in [2.05, 4.69) is 20.2 Å². The van der Waals surface area contributed by atoms with E-state index >= 15 is 0 Å². The maximum atomic E-state index is 13.2. The van der Waals surface area contributed by atoms with Crippen LogP contribution in [-0.4, -0.2) is 46.9 Å². The van der Waals surface area contributed by atoms with Gasteiger partial charge in [0, 0.05) is 32.4 Å². The van der Waals surface area contributed by atoms with Gasteiger partial charge in [-0.05, 0) is 18.6 Å². The van der Waals surface area contributed by atoms with Crippen LogP contribution in [0.4, 0.5) is 13.2 Å². The summed E-state index contributed by atoms with van der Waals surface area (Å²) in [6.45, 7) is 0.690. The number of alkyl halides is 3. The van der Waals surface area contributed by atoms with Crippen molar-refractivity contribution in [2.45, 2.75) is 19.1 Å². The molecule has 4 aromatic heterocycles.